The van der Waals surface area contributed by atoms with Crippen LogP contribution in [-0.4, -0.2) is 80.2 Å². The Morgan fingerprint density at radius 2 is 1.85 bits per heavy atom. The second-order valence-corrected chi connectivity index (χ2v) is 10.5. The second-order valence-electron chi connectivity index (χ2n) is 8.60. The number of carbonyl (C=O) groups is 1. The largest absolute Gasteiger partial charge is 0.497 e. The first kappa shape index (κ1) is 22.6. The van der Waals surface area contributed by atoms with Crippen LogP contribution in [0.5, 0.6) is 5.75 Å². The van der Waals surface area contributed by atoms with Gasteiger partial charge in [0.2, 0.25) is 15.9 Å². The molecular weight excluding hydrogens is 458 g/mol. The minimum atomic E-state index is -3.83. The Balaban J connectivity index is 1.25. The maximum Gasteiger partial charge on any atom is 0.245 e. The van der Waals surface area contributed by atoms with E-state index in [9.17, 15) is 13.2 Å². The summed E-state index contributed by atoms with van der Waals surface area (Å²) >= 11 is 0. The molecule has 11 heteroatoms. The molecule has 1 atom stereocenters. The maximum atomic E-state index is 13.4. The Labute approximate surface area is 198 Å². The van der Waals surface area contributed by atoms with Crippen molar-refractivity contribution in [2.24, 2.45) is 5.92 Å². The fourth-order valence-corrected chi connectivity index (χ4v) is 6.40. The van der Waals surface area contributed by atoms with Crippen LogP contribution in [0.1, 0.15) is 12.8 Å². The number of piperazine rings is 1. The smallest absolute Gasteiger partial charge is 0.245 e. The van der Waals surface area contributed by atoms with Crippen molar-refractivity contribution in [3.8, 4) is 5.75 Å². The van der Waals surface area contributed by atoms with Crippen molar-refractivity contribution in [1.29, 1.82) is 0 Å². The first-order valence-corrected chi connectivity index (χ1v) is 12.8. The van der Waals surface area contributed by atoms with Gasteiger partial charge in [-0.3, -0.25) is 4.79 Å². The lowest BCUT2D eigenvalue weighted by molar-refractivity contribution is -0.137. The van der Waals surface area contributed by atoms with Crippen molar-refractivity contribution in [3.05, 3.63) is 42.5 Å². The van der Waals surface area contributed by atoms with Crippen LogP contribution in [0.4, 0.5) is 5.69 Å². The van der Waals surface area contributed by atoms with Crippen molar-refractivity contribution in [2.75, 3.05) is 51.3 Å². The molecule has 0 N–H and O–H groups in total. The van der Waals surface area contributed by atoms with Gasteiger partial charge in [0.1, 0.15) is 16.2 Å². The summed E-state index contributed by atoms with van der Waals surface area (Å²) in [6, 6.07) is 12.7. The zero-order valence-electron chi connectivity index (χ0n) is 19.0. The quantitative estimate of drug-likeness (QED) is 0.540. The summed E-state index contributed by atoms with van der Waals surface area (Å²) in [6.45, 7) is 3.17. The molecule has 2 aliphatic rings. The van der Waals surface area contributed by atoms with Gasteiger partial charge in [-0.05, 0) is 47.4 Å². The summed E-state index contributed by atoms with van der Waals surface area (Å²) in [6.07, 6.45) is 1.31. The topological polar surface area (TPSA) is 109 Å². The second kappa shape index (κ2) is 9.22. The third-order valence-corrected chi connectivity index (χ3v) is 8.51. The Hall–Kier alpha value is -3.18. The van der Waals surface area contributed by atoms with Crippen LogP contribution in [0, 0.1) is 5.92 Å². The highest BCUT2D eigenvalue weighted by molar-refractivity contribution is 7.89. The number of carbonyl (C=O) groups excluding carboxylic acids is 1. The van der Waals surface area contributed by atoms with Gasteiger partial charge in [-0.1, -0.05) is 12.1 Å². The van der Waals surface area contributed by atoms with Gasteiger partial charge in [-0.15, -0.1) is 0 Å². The molecule has 3 heterocycles. The summed E-state index contributed by atoms with van der Waals surface area (Å²) in [4.78, 5) is 17.5. The molecule has 5 rings (SSSR count). The van der Waals surface area contributed by atoms with Crippen molar-refractivity contribution in [3.63, 3.8) is 0 Å². The zero-order valence-corrected chi connectivity index (χ0v) is 19.8. The van der Waals surface area contributed by atoms with Gasteiger partial charge in [0.05, 0.1) is 13.0 Å². The average Bonchev–Trinajstić information content (AvgIpc) is 3.37. The highest BCUT2D eigenvalue weighted by Gasteiger charge is 2.37. The van der Waals surface area contributed by atoms with Gasteiger partial charge in [0.15, 0.2) is 5.52 Å². The molecule has 0 spiro atoms. The lowest BCUT2D eigenvalue weighted by atomic mass is 9.97. The number of aromatic nitrogens is 2. The number of amides is 1. The highest BCUT2D eigenvalue weighted by atomic mass is 32.2. The maximum absolute atomic E-state index is 13.4. The van der Waals surface area contributed by atoms with E-state index in [-0.39, 0.29) is 28.8 Å². The minimum Gasteiger partial charge on any atom is -0.497 e. The predicted molar refractivity (Wildman–Crippen MR) is 125 cm³/mol. The molecule has 2 fully saturated rings. The molecule has 0 saturated carbocycles. The number of ether oxygens (including phenoxy) is 1. The van der Waals surface area contributed by atoms with Gasteiger partial charge in [0.25, 0.3) is 0 Å². The molecule has 0 aliphatic carbocycles. The fourth-order valence-electron chi connectivity index (χ4n) is 4.74. The van der Waals surface area contributed by atoms with Crippen LogP contribution in [0.25, 0.3) is 11.0 Å². The molecule has 3 aromatic rings. The molecular formula is C23H27N5O5S. The molecule has 1 unspecified atom stereocenters. The predicted octanol–water partition coefficient (Wildman–Crippen LogP) is 1.98. The summed E-state index contributed by atoms with van der Waals surface area (Å²) < 4.78 is 38.2. The molecule has 2 aliphatic heterocycles. The van der Waals surface area contributed by atoms with Gasteiger partial charge in [-0.2, -0.15) is 4.31 Å². The molecule has 0 radical (unpaired) electrons. The van der Waals surface area contributed by atoms with Crippen LogP contribution < -0.4 is 9.64 Å². The molecule has 34 heavy (non-hydrogen) atoms. The molecule has 2 saturated heterocycles. The number of fused-ring (bicyclic) bond motifs is 1. The van der Waals surface area contributed by atoms with Crippen LogP contribution in [0.15, 0.2) is 52.0 Å². The number of piperidine rings is 1. The average molecular weight is 486 g/mol. The minimum absolute atomic E-state index is 0.0199. The lowest BCUT2D eigenvalue weighted by Gasteiger charge is -2.39. The van der Waals surface area contributed by atoms with Crippen molar-refractivity contribution in [1.82, 2.24) is 19.5 Å². The molecule has 10 nitrogen and oxygen atoms in total. The lowest BCUT2D eigenvalue weighted by Crippen LogP contribution is -2.53. The number of sulfonamides is 1. The van der Waals surface area contributed by atoms with Gasteiger partial charge in [-0.25, -0.2) is 13.0 Å². The van der Waals surface area contributed by atoms with Crippen molar-refractivity contribution >= 4 is 32.7 Å². The van der Waals surface area contributed by atoms with Gasteiger partial charge in [0, 0.05) is 51.0 Å². The van der Waals surface area contributed by atoms with E-state index >= 15 is 0 Å². The molecule has 180 valence electrons. The number of hydrogen-bond acceptors (Lipinski definition) is 8. The van der Waals surface area contributed by atoms with Gasteiger partial charge < -0.3 is 14.5 Å². The number of anilines is 1. The summed E-state index contributed by atoms with van der Waals surface area (Å²) in [5.74, 6) is 0.463. The number of benzene rings is 2. The van der Waals surface area contributed by atoms with Crippen LogP contribution in [0.2, 0.25) is 0 Å². The van der Waals surface area contributed by atoms with E-state index in [0.717, 1.165) is 24.5 Å². The number of methoxy groups -OCH3 is 1. The van der Waals surface area contributed by atoms with Crippen LogP contribution in [-0.2, 0) is 14.8 Å². The fraction of sp³-hybridized carbons (Fsp3) is 0.435. The van der Waals surface area contributed by atoms with E-state index in [1.54, 1.807) is 19.2 Å². The molecule has 1 aromatic heterocycles. The Morgan fingerprint density at radius 3 is 2.65 bits per heavy atom. The van der Waals surface area contributed by atoms with E-state index in [0.29, 0.717) is 38.0 Å². The number of nitrogens with zero attached hydrogens (tertiary/aromatic N) is 5. The summed E-state index contributed by atoms with van der Waals surface area (Å²) in [7, 11) is -2.18. The van der Waals surface area contributed by atoms with E-state index in [2.05, 4.69) is 15.2 Å². The van der Waals surface area contributed by atoms with Crippen LogP contribution >= 0.6 is 0 Å². The normalized spacial score (nSPS) is 20.0. The van der Waals surface area contributed by atoms with Crippen LogP contribution in [0.3, 0.4) is 0 Å². The van der Waals surface area contributed by atoms with Crippen molar-refractivity contribution < 1.29 is 22.6 Å². The Kier molecular flexibility index (Phi) is 6.13. The Morgan fingerprint density at radius 1 is 1.06 bits per heavy atom. The van der Waals surface area contributed by atoms with E-state index in [4.69, 9.17) is 9.37 Å². The SMILES string of the molecule is COc1cccc(N2CCN(C(=O)C3CCCN(S(=O)(=O)c4cccc5nonc45)C3)CC2)c1. The molecule has 2 aromatic carbocycles. The third-order valence-electron chi connectivity index (χ3n) is 6.61. The first-order valence-electron chi connectivity index (χ1n) is 11.4. The van der Waals surface area contributed by atoms with Gasteiger partial charge >= 0.3 is 0 Å². The summed E-state index contributed by atoms with van der Waals surface area (Å²) in [5, 5.41) is 7.51. The number of rotatable bonds is 5. The number of hydrogen-bond donors (Lipinski definition) is 0. The third kappa shape index (κ3) is 4.21. The van der Waals surface area contributed by atoms with E-state index in [1.165, 1.54) is 10.4 Å². The first-order chi connectivity index (χ1) is 16.5. The van der Waals surface area contributed by atoms with Crippen molar-refractivity contribution in [2.45, 2.75) is 17.7 Å². The molecule has 1 amide bonds. The Bertz CT molecular complexity index is 1290. The standard InChI is InChI=1S/C23H27N5O5S/c1-32-19-7-2-6-18(15-19)26-11-13-27(14-12-26)23(29)17-5-4-10-28(16-17)34(30,31)21-9-3-8-20-22(21)25-33-24-20/h2-3,6-9,15,17H,4-5,10-14,16H2,1H3. The highest BCUT2D eigenvalue weighted by Crippen LogP contribution is 2.29. The van der Waals surface area contributed by atoms with E-state index < -0.39 is 10.0 Å². The van der Waals surface area contributed by atoms with E-state index in [1.807, 2.05) is 29.2 Å². The summed E-state index contributed by atoms with van der Waals surface area (Å²) in [5.41, 5.74) is 1.67. The monoisotopic (exact) mass is 485 g/mol. The zero-order chi connectivity index (χ0) is 23.7. The molecule has 0 bridgehead atoms.